The fraction of sp³-hybridized carbons (Fsp3) is 0.357. The van der Waals surface area contributed by atoms with Crippen molar-refractivity contribution in [3.8, 4) is 6.07 Å². The van der Waals surface area contributed by atoms with Crippen molar-refractivity contribution in [2.45, 2.75) is 26.4 Å². The molecule has 33 heavy (non-hydrogen) atoms. The summed E-state index contributed by atoms with van der Waals surface area (Å²) in [6.07, 6.45) is 2.01. The third kappa shape index (κ3) is 4.37. The standard InChI is InChI=1S/C28H29N3O2/c1-20-21(8-9-26-27(20)19-33-28(26)32)10-12-30-14-16-31(17-15-30)13-11-22-6-7-23(18-29)25-5-3-2-4-24(22)25/h2-9H,10-17,19H2,1H3. The topological polar surface area (TPSA) is 56.6 Å². The van der Waals surface area contributed by atoms with Crippen LogP contribution < -0.4 is 0 Å². The fourth-order valence-electron chi connectivity index (χ4n) is 5.14. The lowest BCUT2D eigenvalue weighted by Crippen LogP contribution is -2.47. The molecule has 1 saturated heterocycles. The van der Waals surface area contributed by atoms with Crippen LogP contribution in [0, 0.1) is 18.3 Å². The molecular weight excluding hydrogens is 410 g/mol. The van der Waals surface area contributed by atoms with E-state index in [0.717, 1.165) is 74.2 Å². The highest BCUT2D eigenvalue weighted by Crippen LogP contribution is 2.26. The molecular formula is C28H29N3O2. The Bertz CT molecular complexity index is 1240. The van der Waals surface area contributed by atoms with Crippen molar-refractivity contribution < 1.29 is 9.53 Å². The average Bonchev–Trinajstić information content (AvgIpc) is 3.24. The molecule has 3 aromatic rings. The monoisotopic (exact) mass is 439 g/mol. The second-order valence-electron chi connectivity index (χ2n) is 9.06. The number of carbonyl (C=O) groups is 1. The minimum Gasteiger partial charge on any atom is -0.457 e. The Labute approximate surface area is 195 Å². The molecule has 0 spiro atoms. The van der Waals surface area contributed by atoms with E-state index in [4.69, 9.17) is 4.74 Å². The zero-order chi connectivity index (χ0) is 22.8. The normalized spacial score (nSPS) is 16.5. The summed E-state index contributed by atoms with van der Waals surface area (Å²) in [4.78, 5) is 16.8. The number of nitrogens with zero attached hydrogens (tertiary/aromatic N) is 3. The van der Waals surface area contributed by atoms with E-state index in [1.807, 2.05) is 24.3 Å². The molecule has 168 valence electrons. The zero-order valence-electron chi connectivity index (χ0n) is 19.1. The Kier molecular flexibility index (Phi) is 6.13. The maximum absolute atomic E-state index is 11.8. The van der Waals surface area contributed by atoms with E-state index in [2.05, 4.69) is 47.1 Å². The van der Waals surface area contributed by atoms with Gasteiger partial charge in [-0.25, -0.2) is 4.79 Å². The molecule has 2 heterocycles. The molecule has 0 N–H and O–H groups in total. The first-order valence-corrected chi connectivity index (χ1v) is 11.8. The van der Waals surface area contributed by atoms with Gasteiger partial charge in [-0.1, -0.05) is 36.4 Å². The second-order valence-corrected chi connectivity index (χ2v) is 9.06. The van der Waals surface area contributed by atoms with Gasteiger partial charge >= 0.3 is 5.97 Å². The highest BCUT2D eigenvalue weighted by atomic mass is 16.5. The van der Waals surface area contributed by atoms with Crippen molar-refractivity contribution in [2.75, 3.05) is 39.3 Å². The third-order valence-corrected chi connectivity index (χ3v) is 7.27. The Morgan fingerprint density at radius 1 is 0.879 bits per heavy atom. The van der Waals surface area contributed by atoms with E-state index in [9.17, 15) is 10.1 Å². The first-order chi connectivity index (χ1) is 16.1. The smallest absolute Gasteiger partial charge is 0.338 e. The van der Waals surface area contributed by atoms with Crippen molar-refractivity contribution in [2.24, 2.45) is 0 Å². The molecule has 1 fully saturated rings. The van der Waals surface area contributed by atoms with E-state index >= 15 is 0 Å². The number of piperazine rings is 1. The first kappa shape index (κ1) is 21.6. The summed E-state index contributed by atoms with van der Waals surface area (Å²) in [5.74, 6) is -0.190. The SMILES string of the molecule is Cc1c(CCN2CCN(CCc3ccc(C#N)c4ccccc34)CC2)ccc2c1COC2=O. The van der Waals surface area contributed by atoms with Crippen LogP contribution in [0.4, 0.5) is 0 Å². The van der Waals surface area contributed by atoms with Crippen LogP contribution in [0.25, 0.3) is 10.8 Å². The van der Waals surface area contributed by atoms with E-state index in [1.54, 1.807) is 0 Å². The molecule has 0 radical (unpaired) electrons. The van der Waals surface area contributed by atoms with Crippen molar-refractivity contribution in [3.63, 3.8) is 0 Å². The minimum absolute atomic E-state index is 0.190. The predicted octanol–water partition coefficient (Wildman–Crippen LogP) is 4.09. The van der Waals surface area contributed by atoms with Gasteiger partial charge in [0.1, 0.15) is 6.61 Å². The third-order valence-electron chi connectivity index (χ3n) is 7.27. The quantitative estimate of drug-likeness (QED) is 0.542. The molecule has 0 aliphatic carbocycles. The molecule has 5 rings (SSSR count). The van der Waals surface area contributed by atoms with Crippen LogP contribution in [0.1, 0.15) is 38.2 Å². The van der Waals surface area contributed by atoms with Gasteiger partial charge in [0.05, 0.1) is 17.2 Å². The summed E-state index contributed by atoms with van der Waals surface area (Å²) < 4.78 is 5.19. The van der Waals surface area contributed by atoms with Gasteiger partial charge in [-0.2, -0.15) is 5.26 Å². The molecule has 0 atom stereocenters. The van der Waals surface area contributed by atoms with Crippen LogP contribution in [-0.2, 0) is 24.2 Å². The average molecular weight is 440 g/mol. The minimum atomic E-state index is -0.190. The zero-order valence-corrected chi connectivity index (χ0v) is 19.1. The van der Waals surface area contributed by atoms with Gasteiger partial charge in [-0.3, -0.25) is 0 Å². The molecule has 0 aromatic heterocycles. The number of benzene rings is 3. The number of cyclic esters (lactones) is 1. The van der Waals surface area contributed by atoms with Gasteiger partial charge in [-0.05, 0) is 59.4 Å². The molecule has 0 saturated carbocycles. The molecule has 0 amide bonds. The lowest BCUT2D eigenvalue weighted by molar-refractivity contribution is 0.0535. The van der Waals surface area contributed by atoms with Crippen LogP contribution in [0.2, 0.25) is 0 Å². The predicted molar refractivity (Wildman–Crippen MR) is 129 cm³/mol. The number of ether oxygens (including phenoxy) is 1. The molecule has 0 bridgehead atoms. The molecule has 5 heteroatoms. The summed E-state index contributed by atoms with van der Waals surface area (Å²) in [5.41, 5.74) is 6.41. The van der Waals surface area contributed by atoms with Gasteiger partial charge in [0, 0.05) is 44.8 Å². The van der Waals surface area contributed by atoms with Crippen LogP contribution >= 0.6 is 0 Å². The van der Waals surface area contributed by atoms with E-state index in [-0.39, 0.29) is 5.97 Å². The molecule has 0 unspecified atom stereocenters. The van der Waals surface area contributed by atoms with Gasteiger partial charge in [0.25, 0.3) is 0 Å². The summed E-state index contributed by atoms with van der Waals surface area (Å²) >= 11 is 0. The van der Waals surface area contributed by atoms with Crippen LogP contribution in [0.5, 0.6) is 0 Å². The molecule has 2 aliphatic rings. The van der Waals surface area contributed by atoms with Gasteiger partial charge in [0.2, 0.25) is 0 Å². The first-order valence-electron chi connectivity index (χ1n) is 11.8. The van der Waals surface area contributed by atoms with Crippen LogP contribution in [0.3, 0.4) is 0 Å². The number of rotatable bonds is 6. The van der Waals surface area contributed by atoms with Gasteiger partial charge in [-0.15, -0.1) is 0 Å². The number of fused-ring (bicyclic) bond motifs is 2. The Hall–Kier alpha value is -3.20. The summed E-state index contributed by atoms with van der Waals surface area (Å²) in [5, 5.41) is 11.6. The second kappa shape index (κ2) is 9.35. The molecule has 2 aliphatic heterocycles. The van der Waals surface area contributed by atoms with E-state index in [1.165, 1.54) is 22.1 Å². The summed E-state index contributed by atoms with van der Waals surface area (Å²) in [6, 6.07) is 18.6. The van der Waals surface area contributed by atoms with Crippen molar-refractivity contribution in [1.82, 2.24) is 9.80 Å². The van der Waals surface area contributed by atoms with Crippen LogP contribution in [0.15, 0.2) is 48.5 Å². The molecule has 5 nitrogen and oxygen atoms in total. The van der Waals surface area contributed by atoms with Crippen LogP contribution in [-0.4, -0.2) is 55.0 Å². The fourth-order valence-corrected chi connectivity index (χ4v) is 5.14. The Morgan fingerprint density at radius 2 is 1.52 bits per heavy atom. The maximum Gasteiger partial charge on any atom is 0.338 e. The Morgan fingerprint density at radius 3 is 2.21 bits per heavy atom. The van der Waals surface area contributed by atoms with E-state index in [0.29, 0.717) is 6.61 Å². The van der Waals surface area contributed by atoms with Crippen molar-refractivity contribution >= 4 is 16.7 Å². The maximum atomic E-state index is 11.8. The highest BCUT2D eigenvalue weighted by Gasteiger charge is 2.24. The van der Waals surface area contributed by atoms with Gasteiger partial charge < -0.3 is 14.5 Å². The number of hydrogen-bond acceptors (Lipinski definition) is 5. The van der Waals surface area contributed by atoms with E-state index < -0.39 is 0 Å². The highest BCUT2D eigenvalue weighted by molar-refractivity contribution is 5.94. The van der Waals surface area contributed by atoms with Crippen molar-refractivity contribution in [3.05, 3.63) is 81.9 Å². The lowest BCUT2D eigenvalue weighted by atomic mass is 9.96. The number of carbonyl (C=O) groups excluding carboxylic acids is 1. The van der Waals surface area contributed by atoms with Gasteiger partial charge in [0.15, 0.2) is 0 Å². The number of hydrogen-bond donors (Lipinski definition) is 0. The Balaban J connectivity index is 1.13. The summed E-state index contributed by atoms with van der Waals surface area (Å²) in [7, 11) is 0. The molecule has 3 aromatic carbocycles. The largest absolute Gasteiger partial charge is 0.457 e. The lowest BCUT2D eigenvalue weighted by Gasteiger charge is -2.35. The number of nitriles is 1. The summed E-state index contributed by atoms with van der Waals surface area (Å²) in [6.45, 7) is 8.95. The number of esters is 1. The van der Waals surface area contributed by atoms with Crippen molar-refractivity contribution in [1.29, 1.82) is 5.26 Å².